The van der Waals surface area contributed by atoms with Gasteiger partial charge in [0.05, 0.1) is 22.4 Å². The van der Waals surface area contributed by atoms with E-state index >= 15 is 0 Å². The molecule has 132 valence electrons. The van der Waals surface area contributed by atoms with Crippen LogP contribution in [0.4, 0.5) is 0 Å². The number of hydrogen-bond acceptors (Lipinski definition) is 7. The topological polar surface area (TPSA) is 117 Å². The largest absolute Gasteiger partial charge is 0.388 e. The minimum Gasteiger partial charge on any atom is -0.388 e. The first-order chi connectivity index (χ1) is 11.9. The predicted molar refractivity (Wildman–Crippen MR) is 85.8 cm³/mol. The van der Waals surface area contributed by atoms with Crippen molar-refractivity contribution in [2.24, 2.45) is 5.92 Å². The molecule has 0 spiro atoms. The fourth-order valence-electron chi connectivity index (χ4n) is 2.76. The maximum Gasteiger partial charge on any atom is 0.345 e. The van der Waals surface area contributed by atoms with E-state index in [1.54, 1.807) is 0 Å². The summed E-state index contributed by atoms with van der Waals surface area (Å²) in [6.45, 7) is 0.972. The molecule has 0 unspecified atom stereocenters. The standard InChI is InChI=1S/C16H17N3O5S/c17-8-11-9-19(10-11)25(22,23)13-4-1-3-12(7-13)15(20)24-16(21)14-5-2-6-18-14/h1,3-4,7,11,14,18H,2,5-6,9-10H2/t14-/m1/s1. The number of hydrogen-bond donors (Lipinski definition) is 1. The average molecular weight is 363 g/mol. The van der Waals surface area contributed by atoms with Crippen LogP contribution in [0.3, 0.4) is 0 Å². The Morgan fingerprint density at radius 2 is 2.08 bits per heavy atom. The number of carbonyl (C=O) groups excluding carboxylic acids is 2. The fraction of sp³-hybridized carbons (Fsp3) is 0.438. The van der Waals surface area contributed by atoms with Gasteiger partial charge < -0.3 is 10.1 Å². The second-order valence-corrected chi connectivity index (χ2v) is 7.97. The van der Waals surface area contributed by atoms with Crippen LogP contribution >= 0.6 is 0 Å². The highest BCUT2D eigenvalue weighted by Gasteiger charge is 2.37. The molecule has 1 aromatic carbocycles. The Balaban J connectivity index is 1.72. The molecule has 0 aromatic heterocycles. The number of nitriles is 1. The van der Waals surface area contributed by atoms with Crippen LogP contribution in [-0.2, 0) is 19.6 Å². The van der Waals surface area contributed by atoms with Crippen molar-refractivity contribution < 1.29 is 22.7 Å². The molecule has 0 aliphatic carbocycles. The Hall–Kier alpha value is -2.28. The number of sulfonamides is 1. The maximum atomic E-state index is 12.5. The minimum absolute atomic E-state index is 0.00946. The van der Waals surface area contributed by atoms with Crippen molar-refractivity contribution in [1.29, 1.82) is 5.26 Å². The monoisotopic (exact) mass is 363 g/mol. The van der Waals surface area contributed by atoms with Gasteiger partial charge in [0.2, 0.25) is 10.0 Å². The Bertz CT molecular complexity index is 834. The summed E-state index contributed by atoms with van der Waals surface area (Å²) in [4.78, 5) is 23.9. The molecule has 0 bridgehead atoms. The molecule has 2 aliphatic rings. The van der Waals surface area contributed by atoms with Crippen LogP contribution in [0.25, 0.3) is 0 Å². The zero-order valence-electron chi connectivity index (χ0n) is 13.3. The zero-order valence-corrected chi connectivity index (χ0v) is 14.2. The van der Waals surface area contributed by atoms with E-state index in [1.807, 2.05) is 6.07 Å². The van der Waals surface area contributed by atoms with Crippen LogP contribution in [-0.4, -0.2) is 50.3 Å². The second kappa shape index (κ2) is 6.92. The van der Waals surface area contributed by atoms with Crippen LogP contribution in [0, 0.1) is 17.2 Å². The average Bonchev–Trinajstić information content (AvgIpc) is 3.08. The summed E-state index contributed by atoms with van der Waals surface area (Å²) in [5, 5.41) is 11.7. The van der Waals surface area contributed by atoms with Gasteiger partial charge in [0, 0.05) is 13.1 Å². The summed E-state index contributed by atoms with van der Waals surface area (Å²) in [7, 11) is -3.77. The van der Waals surface area contributed by atoms with Crippen LogP contribution in [0.2, 0.25) is 0 Å². The van der Waals surface area contributed by atoms with E-state index < -0.39 is 28.0 Å². The third-order valence-corrected chi connectivity index (χ3v) is 6.10. The van der Waals surface area contributed by atoms with Gasteiger partial charge in [-0.15, -0.1) is 0 Å². The number of benzene rings is 1. The summed E-state index contributed by atoms with van der Waals surface area (Å²) in [6.07, 6.45) is 1.44. The maximum absolute atomic E-state index is 12.5. The normalized spacial score (nSPS) is 21.3. The van der Waals surface area contributed by atoms with Gasteiger partial charge in [0.25, 0.3) is 0 Å². The number of esters is 2. The number of nitrogens with zero attached hydrogens (tertiary/aromatic N) is 2. The Morgan fingerprint density at radius 1 is 1.32 bits per heavy atom. The number of rotatable bonds is 4. The fourth-order valence-corrected chi connectivity index (χ4v) is 4.33. The molecule has 0 radical (unpaired) electrons. The highest BCUT2D eigenvalue weighted by molar-refractivity contribution is 7.89. The molecule has 2 fully saturated rings. The van der Waals surface area contributed by atoms with Gasteiger partial charge in [-0.2, -0.15) is 9.57 Å². The molecule has 1 aromatic rings. The molecule has 3 rings (SSSR count). The first-order valence-corrected chi connectivity index (χ1v) is 9.35. The van der Waals surface area contributed by atoms with Crippen molar-refractivity contribution in [2.45, 2.75) is 23.8 Å². The van der Waals surface area contributed by atoms with Crippen molar-refractivity contribution in [2.75, 3.05) is 19.6 Å². The SMILES string of the molecule is N#CC1CN(S(=O)(=O)c2cccc(C(=O)OC(=O)[C@H]3CCCN3)c2)C1. The Kier molecular flexibility index (Phi) is 4.85. The van der Waals surface area contributed by atoms with Crippen molar-refractivity contribution in [3.05, 3.63) is 29.8 Å². The minimum atomic E-state index is -3.77. The highest BCUT2D eigenvalue weighted by Crippen LogP contribution is 2.25. The van der Waals surface area contributed by atoms with Crippen molar-refractivity contribution in [3.8, 4) is 6.07 Å². The van der Waals surface area contributed by atoms with E-state index in [9.17, 15) is 18.0 Å². The third kappa shape index (κ3) is 3.56. The molecule has 8 nitrogen and oxygen atoms in total. The predicted octanol–water partition coefficient (Wildman–Crippen LogP) is 0.266. The van der Waals surface area contributed by atoms with E-state index in [1.165, 1.54) is 28.6 Å². The van der Waals surface area contributed by atoms with E-state index in [2.05, 4.69) is 5.32 Å². The van der Waals surface area contributed by atoms with Crippen LogP contribution < -0.4 is 5.32 Å². The number of nitrogens with one attached hydrogen (secondary N) is 1. The highest BCUT2D eigenvalue weighted by atomic mass is 32.2. The van der Waals surface area contributed by atoms with Gasteiger partial charge in [-0.1, -0.05) is 6.07 Å². The first-order valence-electron chi connectivity index (χ1n) is 7.91. The molecule has 0 amide bonds. The molecule has 1 N–H and O–H groups in total. The quantitative estimate of drug-likeness (QED) is 0.602. The van der Waals surface area contributed by atoms with E-state index in [4.69, 9.17) is 10.00 Å². The lowest BCUT2D eigenvalue weighted by molar-refractivity contribution is -0.139. The van der Waals surface area contributed by atoms with Gasteiger partial charge in [-0.3, -0.25) is 0 Å². The Morgan fingerprint density at radius 3 is 2.72 bits per heavy atom. The first kappa shape index (κ1) is 17.5. The molecule has 25 heavy (non-hydrogen) atoms. The van der Waals surface area contributed by atoms with Gasteiger partial charge in [0.1, 0.15) is 6.04 Å². The lowest BCUT2D eigenvalue weighted by Crippen LogP contribution is -2.49. The van der Waals surface area contributed by atoms with Gasteiger partial charge in [-0.05, 0) is 37.6 Å². The number of ether oxygens (including phenoxy) is 1. The van der Waals surface area contributed by atoms with Gasteiger partial charge >= 0.3 is 11.9 Å². The van der Waals surface area contributed by atoms with Gasteiger partial charge in [-0.25, -0.2) is 18.0 Å². The zero-order chi connectivity index (χ0) is 18.0. The van der Waals surface area contributed by atoms with E-state index in [0.29, 0.717) is 13.0 Å². The molecular weight excluding hydrogens is 346 g/mol. The van der Waals surface area contributed by atoms with Crippen molar-refractivity contribution >= 4 is 22.0 Å². The second-order valence-electron chi connectivity index (χ2n) is 6.03. The molecule has 1 atom stereocenters. The molecule has 9 heteroatoms. The Labute approximate surface area is 145 Å². The summed E-state index contributed by atoms with van der Waals surface area (Å²) in [6, 6.07) is 6.88. The summed E-state index contributed by atoms with van der Waals surface area (Å²) >= 11 is 0. The summed E-state index contributed by atoms with van der Waals surface area (Å²) in [5.74, 6) is -1.84. The molecular formula is C16H17N3O5S. The van der Waals surface area contributed by atoms with E-state index in [0.717, 1.165) is 6.42 Å². The van der Waals surface area contributed by atoms with Crippen molar-refractivity contribution in [1.82, 2.24) is 9.62 Å². The van der Waals surface area contributed by atoms with Crippen LogP contribution in [0.15, 0.2) is 29.2 Å². The smallest absolute Gasteiger partial charge is 0.345 e. The summed E-state index contributed by atoms with van der Waals surface area (Å²) < 4.78 is 31.0. The van der Waals surface area contributed by atoms with Gasteiger partial charge in [0.15, 0.2) is 0 Å². The molecule has 2 heterocycles. The van der Waals surface area contributed by atoms with Crippen molar-refractivity contribution in [3.63, 3.8) is 0 Å². The molecule has 2 aliphatic heterocycles. The lowest BCUT2D eigenvalue weighted by Gasteiger charge is -2.33. The van der Waals surface area contributed by atoms with Crippen LogP contribution in [0.1, 0.15) is 23.2 Å². The lowest BCUT2D eigenvalue weighted by atomic mass is 10.1. The van der Waals surface area contributed by atoms with E-state index in [-0.39, 0.29) is 29.5 Å². The third-order valence-electron chi connectivity index (χ3n) is 4.28. The molecule has 2 saturated heterocycles. The number of carbonyl (C=O) groups is 2. The molecule has 0 saturated carbocycles. The van der Waals surface area contributed by atoms with Crippen LogP contribution in [0.5, 0.6) is 0 Å². The summed E-state index contributed by atoms with van der Waals surface area (Å²) in [5.41, 5.74) is -0.00946.